The molecule has 0 aliphatic heterocycles. The van der Waals surface area contributed by atoms with Gasteiger partial charge in [0.1, 0.15) is 5.76 Å². The quantitative estimate of drug-likeness (QED) is 0.785. The number of halogens is 1. The fourth-order valence-electron chi connectivity index (χ4n) is 1.14. The minimum absolute atomic E-state index is 0.193. The summed E-state index contributed by atoms with van der Waals surface area (Å²) in [6, 6.07) is 1.63. The fourth-order valence-corrected chi connectivity index (χ4v) is 1.43. The number of nitrogens with zero attached hydrogens (tertiary/aromatic N) is 2. The van der Waals surface area contributed by atoms with Crippen molar-refractivity contribution in [1.29, 1.82) is 0 Å². The number of hydrogen-bond donors (Lipinski definition) is 0. The summed E-state index contributed by atoms with van der Waals surface area (Å²) in [5.41, 5.74) is 0.528. The third-order valence-corrected chi connectivity index (χ3v) is 2.26. The summed E-state index contributed by atoms with van der Waals surface area (Å²) in [5.74, 6) is 0.406. The molecule has 0 radical (unpaired) electrons. The molecule has 4 nitrogen and oxygen atoms in total. The Labute approximate surface area is 88.6 Å². The zero-order valence-electron chi connectivity index (χ0n) is 7.40. The first kappa shape index (κ1) is 9.21. The van der Waals surface area contributed by atoms with Crippen molar-refractivity contribution in [1.82, 2.24) is 9.78 Å². The van der Waals surface area contributed by atoms with E-state index < -0.39 is 0 Å². The monoisotopic (exact) mass is 254 g/mol. The molecular weight excluding hydrogens is 248 g/mol. The Bertz CT molecular complexity index is 473. The average molecular weight is 255 g/mol. The highest BCUT2D eigenvalue weighted by Gasteiger charge is 2.14. The number of furan rings is 1. The van der Waals surface area contributed by atoms with Crippen molar-refractivity contribution in [2.24, 2.45) is 0 Å². The smallest absolute Gasteiger partial charge is 0.281 e. The molecule has 0 aliphatic carbocycles. The summed E-state index contributed by atoms with van der Waals surface area (Å²) in [7, 11) is 0. The fraction of sp³-hybridized carbons (Fsp3) is 0.111. The van der Waals surface area contributed by atoms with Gasteiger partial charge in [0.15, 0.2) is 0 Å². The number of rotatable bonds is 1. The molecule has 2 aromatic heterocycles. The van der Waals surface area contributed by atoms with E-state index in [9.17, 15) is 4.79 Å². The van der Waals surface area contributed by atoms with E-state index in [1.165, 1.54) is 10.9 Å². The lowest BCUT2D eigenvalue weighted by molar-refractivity contribution is 0.0943. The van der Waals surface area contributed by atoms with Crippen molar-refractivity contribution in [3.8, 4) is 0 Å². The molecule has 0 aromatic carbocycles. The van der Waals surface area contributed by atoms with Crippen LogP contribution in [0.15, 0.2) is 33.6 Å². The van der Waals surface area contributed by atoms with Gasteiger partial charge >= 0.3 is 0 Å². The van der Waals surface area contributed by atoms with Crippen LogP contribution in [-0.4, -0.2) is 15.7 Å². The van der Waals surface area contributed by atoms with Gasteiger partial charge in [-0.05, 0) is 28.9 Å². The molecule has 0 saturated carbocycles. The molecule has 72 valence electrons. The molecule has 0 atom stereocenters. The molecule has 0 aliphatic rings. The van der Waals surface area contributed by atoms with Crippen molar-refractivity contribution in [3.63, 3.8) is 0 Å². The first-order valence-corrected chi connectivity index (χ1v) is 4.77. The molecule has 0 spiro atoms. The van der Waals surface area contributed by atoms with Gasteiger partial charge in [0, 0.05) is 6.20 Å². The molecule has 0 fully saturated rings. The Morgan fingerprint density at radius 1 is 1.64 bits per heavy atom. The summed E-state index contributed by atoms with van der Waals surface area (Å²) in [6.45, 7) is 1.74. The molecule has 14 heavy (non-hydrogen) atoms. The van der Waals surface area contributed by atoms with E-state index in [-0.39, 0.29) is 5.91 Å². The summed E-state index contributed by atoms with van der Waals surface area (Å²) < 4.78 is 7.08. The third-order valence-electron chi connectivity index (χ3n) is 1.85. The predicted molar refractivity (Wildman–Crippen MR) is 53.1 cm³/mol. The van der Waals surface area contributed by atoms with Crippen LogP contribution in [0.1, 0.15) is 16.1 Å². The largest absolute Gasteiger partial charge is 0.469 e. The van der Waals surface area contributed by atoms with E-state index >= 15 is 0 Å². The summed E-state index contributed by atoms with van der Waals surface area (Å²) >= 11 is 3.22. The van der Waals surface area contributed by atoms with E-state index in [1.54, 1.807) is 25.4 Å². The zero-order chi connectivity index (χ0) is 10.1. The van der Waals surface area contributed by atoms with Gasteiger partial charge in [-0.1, -0.05) is 0 Å². The van der Waals surface area contributed by atoms with Crippen LogP contribution in [0.4, 0.5) is 0 Å². The summed E-state index contributed by atoms with van der Waals surface area (Å²) in [5, 5.41) is 3.89. The molecule has 0 unspecified atom stereocenters. The van der Waals surface area contributed by atoms with E-state index in [1.807, 2.05) is 0 Å². The topological polar surface area (TPSA) is 48.0 Å². The van der Waals surface area contributed by atoms with Crippen molar-refractivity contribution in [2.45, 2.75) is 6.92 Å². The van der Waals surface area contributed by atoms with Gasteiger partial charge in [0.05, 0.1) is 22.5 Å². The lowest BCUT2D eigenvalue weighted by Gasteiger charge is -1.96. The number of aryl methyl sites for hydroxylation is 1. The van der Waals surface area contributed by atoms with Gasteiger partial charge in [-0.25, -0.2) is 4.68 Å². The van der Waals surface area contributed by atoms with E-state index in [2.05, 4.69) is 21.0 Å². The van der Waals surface area contributed by atoms with Crippen LogP contribution < -0.4 is 0 Å². The lowest BCUT2D eigenvalue weighted by Crippen LogP contribution is -2.12. The molecule has 0 amide bonds. The van der Waals surface area contributed by atoms with Crippen molar-refractivity contribution < 1.29 is 9.21 Å². The second-order valence-electron chi connectivity index (χ2n) is 2.80. The summed E-state index contributed by atoms with van der Waals surface area (Å²) in [4.78, 5) is 11.8. The average Bonchev–Trinajstić information content (AvgIpc) is 2.73. The standard InChI is InChI=1S/C9H7BrN2O2/c1-6-8(2-3-14-6)9(13)12-5-7(10)4-11-12/h2-5H,1H3. The highest BCUT2D eigenvalue weighted by atomic mass is 79.9. The first-order chi connectivity index (χ1) is 6.68. The maximum absolute atomic E-state index is 11.8. The van der Waals surface area contributed by atoms with Crippen LogP contribution in [0, 0.1) is 6.92 Å². The molecule has 2 aromatic rings. The van der Waals surface area contributed by atoms with E-state index in [0.717, 1.165) is 4.47 Å². The second kappa shape index (κ2) is 3.42. The minimum atomic E-state index is -0.193. The summed E-state index contributed by atoms with van der Waals surface area (Å²) in [6.07, 6.45) is 4.66. The van der Waals surface area contributed by atoms with Crippen LogP contribution in [-0.2, 0) is 0 Å². The Morgan fingerprint density at radius 2 is 2.43 bits per heavy atom. The molecule has 0 N–H and O–H groups in total. The maximum atomic E-state index is 11.8. The van der Waals surface area contributed by atoms with Gasteiger partial charge in [0.25, 0.3) is 5.91 Å². The SMILES string of the molecule is Cc1occc1C(=O)n1cc(Br)cn1. The molecule has 0 bridgehead atoms. The first-order valence-electron chi connectivity index (χ1n) is 3.97. The molecular formula is C9H7BrN2O2. The lowest BCUT2D eigenvalue weighted by atomic mass is 10.2. The van der Waals surface area contributed by atoms with Crippen LogP contribution in [0.5, 0.6) is 0 Å². The molecule has 2 rings (SSSR count). The number of aromatic nitrogens is 2. The molecule has 2 heterocycles. The molecule has 5 heteroatoms. The number of carbonyl (C=O) groups excluding carboxylic acids is 1. The Morgan fingerprint density at radius 3 is 2.93 bits per heavy atom. The Balaban J connectivity index is 2.38. The van der Waals surface area contributed by atoms with Gasteiger partial charge in [-0.3, -0.25) is 4.79 Å². The van der Waals surface area contributed by atoms with Crippen molar-refractivity contribution in [3.05, 3.63) is 40.5 Å². The van der Waals surface area contributed by atoms with Gasteiger partial charge in [-0.15, -0.1) is 0 Å². The number of carbonyl (C=O) groups is 1. The van der Waals surface area contributed by atoms with Crippen LogP contribution in [0.2, 0.25) is 0 Å². The van der Waals surface area contributed by atoms with Gasteiger partial charge in [-0.2, -0.15) is 5.10 Å². The van der Waals surface area contributed by atoms with Crippen LogP contribution >= 0.6 is 15.9 Å². The van der Waals surface area contributed by atoms with Crippen molar-refractivity contribution >= 4 is 21.8 Å². The second-order valence-corrected chi connectivity index (χ2v) is 3.71. The van der Waals surface area contributed by atoms with E-state index in [0.29, 0.717) is 11.3 Å². The highest BCUT2D eigenvalue weighted by Crippen LogP contribution is 2.12. The zero-order valence-corrected chi connectivity index (χ0v) is 8.98. The van der Waals surface area contributed by atoms with Gasteiger partial charge in [0.2, 0.25) is 0 Å². The van der Waals surface area contributed by atoms with Crippen LogP contribution in [0.25, 0.3) is 0 Å². The highest BCUT2D eigenvalue weighted by molar-refractivity contribution is 9.10. The van der Waals surface area contributed by atoms with Gasteiger partial charge < -0.3 is 4.42 Å². The maximum Gasteiger partial charge on any atom is 0.281 e. The molecule has 0 saturated heterocycles. The normalized spacial score (nSPS) is 10.4. The van der Waals surface area contributed by atoms with Crippen molar-refractivity contribution in [2.75, 3.05) is 0 Å². The Kier molecular flexibility index (Phi) is 2.25. The third kappa shape index (κ3) is 1.50. The Hall–Kier alpha value is -1.36. The van der Waals surface area contributed by atoms with Crippen LogP contribution in [0.3, 0.4) is 0 Å². The minimum Gasteiger partial charge on any atom is -0.469 e. The van der Waals surface area contributed by atoms with E-state index in [4.69, 9.17) is 4.42 Å². The predicted octanol–water partition coefficient (Wildman–Crippen LogP) is 2.24. The number of hydrogen-bond acceptors (Lipinski definition) is 3.